The topological polar surface area (TPSA) is 55.7 Å². The lowest BCUT2D eigenvalue weighted by Gasteiger charge is -2.04. The smallest absolute Gasteiger partial charge is 0.320 e. The summed E-state index contributed by atoms with van der Waals surface area (Å²) in [7, 11) is -3.65. The van der Waals surface area contributed by atoms with Gasteiger partial charge in [0.2, 0.25) is 0 Å². The molecule has 0 aromatic heterocycles. The molecule has 1 aliphatic rings. The number of ether oxygens (including phenoxy) is 1. The second kappa shape index (κ2) is 3.71. The molecule has 2 rings (SSSR count). The molecule has 0 N–H and O–H groups in total. The minimum atomic E-state index is -3.65. The first-order chi connectivity index (χ1) is 7.49. The molecule has 84 valence electrons. The summed E-state index contributed by atoms with van der Waals surface area (Å²) in [6, 6.07) is 5.54. The molecule has 16 heavy (non-hydrogen) atoms. The fourth-order valence-electron chi connectivity index (χ4n) is 1.21. The second-order valence-electron chi connectivity index (χ2n) is 3.21. The second-order valence-corrected chi connectivity index (χ2v) is 4.89. The Morgan fingerprint density at radius 2 is 2.00 bits per heavy atom. The molecule has 6 heteroatoms. The summed E-state index contributed by atoms with van der Waals surface area (Å²) in [5, 5.41) is 0.485. The number of allylic oxidation sites excluding steroid dienone is 1. The molecule has 4 nitrogen and oxygen atoms in total. The maximum Gasteiger partial charge on any atom is 0.320 e. The van der Waals surface area contributed by atoms with E-state index in [4.69, 9.17) is 4.74 Å². The van der Waals surface area contributed by atoms with Gasteiger partial charge in [0.1, 0.15) is 0 Å². The maximum atomic E-state index is 13.2. The molecular weight excluding hydrogens is 233 g/mol. The van der Waals surface area contributed by atoms with Crippen LogP contribution in [-0.2, 0) is 9.84 Å². The lowest BCUT2D eigenvalue weighted by molar-refractivity contribution is 0.495. The quantitative estimate of drug-likeness (QED) is 0.754. The minimum Gasteiger partial charge on any atom is -0.427 e. The third kappa shape index (κ3) is 1.96. The maximum absolute atomic E-state index is 13.2. The van der Waals surface area contributed by atoms with Crippen LogP contribution in [0.25, 0.3) is 0 Å². The zero-order valence-corrected chi connectivity index (χ0v) is 9.16. The van der Waals surface area contributed by atoms with E-state index in [-0.39, 0.29) is 5.75 Å². The molecule has 1 heterocycles. The van der Waals surface area contributed by atoms with Crippen molar-refractivity contribution in [2.24, 2.45) is 4.99 Å². The van der Waals surface area contributed by atoms with Crippen molar-refractivity contribution in [3.63, 3.8) is 0 Å². The first-order valence-electron chi connectivity index (χ1n) is 4.43. The average molecular weight is 241 g/mol. The van der Waals surface area contributed by atoms with Crippen molar-refractivity contribution >= 4 is 15.1 Å². The summed E-state index contributed by atoms with van der Waals surface area (Å²) in [5.74, 6) is -0.794. The van der Waals surface area contributed by atoms with Crippen LogP contribution in [0.2, 0.25) is 0 Å². The van der Waals surface area contributed by atoms with Gasteiger partial charge in [0.05, 0.1) is 11.1 Å². The van der Waals surface area contributed by atoms with E-state index in [2.05, 4.69) is 4.99 Å². The van der Waals surface area contributed by atoms with Gasteiger partial charge in [-0.25, -0.2) is 17.8 Å². The van der Waals surface area contributed by atoms with E-state index in [0.29, 0.717) is 5.70 Å². The Morgan fingerprint density at radius 3 is 2.56 bits per heavy atom. The number of hydrogen-bond acceptors (Lipinski definition) is 4. The van der Waals surface area contributed by atoms with Gasteiger partial charge in [-0.15, -0.1) is 0 Å². The number of benzene rings is 1. The van der Waals surface area contributed by atoms with E-state index in [9.17, 15) is 12.8 Å². The van der Waals surface area contributed by atoms with Gasteiger partial charge in [0.25, 0.3) is 9.84 Å². The third-order valence-corrected chi connectivity index (χ3v) is 3.18. The fourth-order valence-corrected chi connectivity index (χ4v) is 2.29. The van der Waals surface area contributed by atoms with Gasteiger partial charge in [-0.2, -0.15) is 0 Å². The number of halogens is 1. The van der Waals surface area contributed by atoms with Gasteiger partial charge in [-0.3, -0.25) is 0 Å². The van der Waals surface area contributed by atoms with Crippen molar-refractivity contribution in [2.75, 3.05) is 0 Å². The third-order valence-electron chi connectivity index (χ3n) is 1.87. The monoisotopic (exact) mass is 241 g/mol. The van der Waals surface area contributed by atoms with Gasteiger partial charge in [-0.1, -0.05) is 12.1 Å². The lowest BCUT2D eigenvalue weighted by Crippen LogP contribution is -2.16. The fraction of sp³-hybridized carbons (Fsp3) is 0.100. The number of para-hydroxylation sites is 1. The Bertz CT molecular complexity index is 590. The van der Waals surface area contributed by atoms with E-state index in [0.717, 1.165) is 5.41 Å². The van der Waals surface area contributed by atoms with E-state index >= 15 is 0 Å². The van der Waals surface area contributed by atoms with Gasteiger partial charge >= 0.3 is 5.23 Å². The largest absolute Gasteiger partial charge is 0.427 e. The predicted octanol–water partition coefficient (Wildman–Crippen LogP) is 1.85. The molecule has 1 aromatic rings. The highest BCUT2D eigenvalue weighted by Gasteiger charge is 2.26. The summed E-state index contributed by atoms with van der Waals surface area (Å²) in [5.41, 5.74) is 0.311. The molecule has 0 saturated heterocycles. The molecule has 0 aliphatic carbocycles. The highest BCUT2D eigenvalue weighted by atomic mass is 32.2. The highest BCUT2D eigenvalue weighted by Crippen LogP contribution is 2.21. The van der Waals surface area contributed by atoms with Gasteiger partial charge in [0, 0.05) is 0 Å². The van der Waals surface area contributed by atoms with E-state index in [1.54, 1.807) is 6.07 Å². The van der Waals surface area contributed by atoms with E-state index in [1.165, 1.54) is 25.1 Å². The van der Waals surface area contributed by atoms with Crippen molar-refractivity contribution < 1.29 is 17.5 Å². The molecule has 1 aromatic carbocycles. The van der Waals surface area contributed by atoms with Crippen LogP contribution in [0.1, 0.15) is 6.92 Å². The summed E-state index contributed by atoms with van der Waals surface area (Å²) >= 11 is 0. The van der Waals surface area contributed by atoms with Gasteiger partial charge < -0.3 is 4.74 Å². The molecular formula is C10H8FNO3S. The Labute approximate surface area is 92.0 Å². The Morgan fingerprint density at radius 1 is 1.31 bits per heavy atom. The molecule has 0 unspecified atom stereocenters. The number of hydrogen-bond donors (Lipinski definition) is 0. The van der Waals surface area contributed by atoms with Crippen molar-refractivity contribution in [1.82, 2.24) is 0 Å². The van der Waals surface area contributed by atoms with Crippen LogP contribution in [0.3, 0.4) is 0 Å². The van der Waals surface area contributed by atoms with Crippen LogP contribution in [0.15, 0.2) is 40.4 Å². The van der Waals surface area contributed by atoms with E-state index in [1.807, 2.05) is 0 Å². The first-order valence-corrected chi connectivity index (χ1v) is 5.98. The molecule has 0 fully saturated rings. The zero-order chi connectivity index (χ0) is 11.8. The number of aliphatic imine (C=N–C) groups is 1. The molecule has 0 spiro atoms. The standard InChI is InChI=1S/C10H8FNO3S/c1-7-6-16(13,14)10(12-7)15-9-5-3-2-4-8(9)11/h2-6H,1H3. The number of nitrogens with zero attached hydrogens (tertiary/aromatic N) is 1. The molecule has 0 saturated carbocycles. The van der Waals surface area contributed by atoms with Crippen molar-refractivity contribution in [3.8, 4) is 5.75 Å². The Kier molecular flexibility index (Phi) is 2.51. The average Bonchev–Trinajstić information content (AvgIpc) is 2.43. The first kappa shape index (κ1) is 10.8. The summed E-state index contributed by atoms with van der Waals surface area (Å²) in [6.45, 7) is 1.52. The Balaban J connectivity index is 2.32. The van der Waals surface area contributed by atoms with E-state index < -0.39 is 20.9 Å². The SMILES string of the molecule is CC1=CS(=O)(=O)C(Oc2ccccc2F)=N1. The van der Waals surface area contributed by atoms with Gasteiger partial charge in [-0.05, 0) is 19.1 Å². The van der Waals surface area contributed by atoms with Crippen molar-refractivity contribution in [1.29, 1.82) is 0 Å². The summed E-state index contributed by atoms with van der Waals surface area (Å²) in [4.78, 5) is 3.68. The van der Waals surface area contributed by atoms with Crippen LogP contribution in [0.4, 0.5) is 4.39 Å². The molecule has 0 atom stereocenters. The lowest BCUT2D eigenvalue weighted by atomic mass is 10.3. The summed E-state index contributed by atoms with van der Waals surface area (Å²) < 4.78 is 41.0. The Hall–Kier alpha value is -1.69. The van der Waals surface area contributed by atoms with Crippen molar-refractivity contribution in [3.05, 3.63) is 41.2 Å². The normalized spacial score (nSPS) is 17.9. The summed E-state index contributed by atoms with van der Waals surface area (Å²) in [6.07, 6.45) is 0. The molecule has 0 bridgehead atoms. The number of rotatable bonds is 1. The molecule has 1 aliphatic heterocycles. The van der Waals surface area contributed by atoms with Crippen LogP contribution in [0.5, 0.6) is 5.75 Å². The molecule has 0 radical (unpaired) electrons. The van der Waals surface area contributed by atoms with Crippen LogP contribution in [-0.4, -0.2) is 13.6 Å². The van der Waals surface area contributed by atoms with Crippen LogP contribution in [0, 0.1) is 5.82 Å². The minimum absolute atomic E-state index is 0.159. The molecule has 0 amide bonds. The van der Waals surface area contributed by atoms with Gasteiger partial charge in [0.15, 0.2) is 11.6 Å². The van der Waals surface area contributed by atoms with Crippen molar-refractivity contribution in [2.45, 2.75) is 6.92 Å². The zero-order valence-electron chi connectivity index (χ0n) is 8.34. The predicted molar refractivity (Wildman–Crippen MR) is 57.1 cm³/mol. The highest BCUT2D eigenvalue weighted by molar-refractivity contribution is 8.08. The van der Waals surface area contributed by atoms with Crippen LogP contribution >= 0.6 is 0 Å². The number of sulfone groups is 1. The van der Waals surface area contributed by atoms with Crippen LogP contribution < -0.4 is 4.74 Å².